The molecule has 9 heteroatoms. The third-order valence-corrected chi connectivity index (χ3v) is 6.37. The Morgan fingerprint density at radius 2 is 1.71 bits per heavy atom. The Kier molecular flexibility index (Phi) is 5.96. The van der Waals surface area contributed by atoms with Crippen molar-refractivity contribution in [3.8, 4) is 11.5 Å². The van der Waals surface area contributed by atoms with Gasteiger partial charge >= 0.3 is 0 Å². The molecule has 0 aliphatic carbocycles. The number of aromatic hydroxyl groups is 2. The van der Waals surface area contributed by atoms with Crippen molar-refractivity contribution in [2.45, 2.75) is 24.2 Å². The summed E-state index contributed by atoms with van der Waals surface area (Å²) >= 11 is 0. The van der Waals surface area contributed by atoms with Gasteiger partial charge < -0.3 is 10.2 Å². The summed E-state index contributed by atoms with van der Waals surface area (Å²) in [5.41, 5.74) is 2.88. The van der Waals surface area contributed by atoms with Gasteiger partial charge in [0, 0.05) is 30.3 Å². The average Bonchev–Trinajstić information content (AvgIpc) is 2.70. The van der Waals surface area contributed by atoms with E-state index in [2.05, 4.69) is 10.5 Å². The van der Waals surface area contributed by atoms with Gasteiger partial charge in [-0.1, -0.05) is 6.42 Å². The van der Waals surface area contributed by atoms with Gasteiger partial charge in [0.25, 0.3) is 5.91 Å². The summed E-state index contributed by atoms with van der Waals surface area (Å²) in [6.45, 7) is 1.03. The van der Waals surface area contributed by atoms with Gasteiger partial charge in [-0.05, 0) is 49.2 Å². The number of amides is 1. The minimum absolute atomic E-state index is 0.0849. The van der Waals surface area contributed by atoms with E-state index in [0.29, 0.717) is 18.7 Å². The van der Waals surface area contributed by atoms with Gasteiger partial charge in [0.1, 0.15) is 11.5 Å². The van der Waals surface area contributed by atoms with E-state index in [1.54, 1.807) is 0 Å². The molecule has 1 saturated heterocycles. The quantitative estimate of drug-likeness (QED) is 0.521. The van der Waals surface area contributed by atoms with Gasteiger partial charge in [-0.2, -0.15) is 9.41 Å². The first-order valence-electron chi connectivity index (χ1n) is 8.83. The van der Waals surface area contributed by atoms with Crippen molar-refractivity contribution >= 4 is 22.1 Å². The first-order chi connectivity index (χ1) is 13.4. The largest absolute Gasteiger partial charge is 0.508 e. The molecule has 1 fully saturated rings. The van der Waals surface area contributed by atoms with Crippen LogP contribution in [0.4, 0.5) is 0 Å². The summed E-state index contributed by atoms with van der Waals surface area (Å²) in [4.78, 5) is 12.3. The molecule has 0 spiro atoms. The molecule has 0 bridgehead atoms. The lowest BCUT2D eigenvalue weighted by molar-refractivity contribution is 0.0955. The zero-order valence-corrected chi connectivity index (χ0v) is 15.9. The molecule has 28 heavy (non-hydrogen) atoms. The fraction of sp³-hybridized carbons (Fsp3) is 0.263. The number of benzene rings is 2. The maximum atomic E-state index is 12.6. The van der Waals surface area contributed by atoms with Crippen molar-refractivity contribution in [2.24, 2.45) is 5.10 Å². The minimum atomic E-state index is -3.54. The number of piperidine rings is 1. The van der Waals surface area contributed by atoms with Crippen LogP contribution in [0.2, 0.25) is 0 Å². The molecule has 0 atom stereocenters. The zero-order valence-electron chi connectivity index (χ0n) is 15.1. The van der Waals surface area contributed by atoms with E-state index in [9.17, 15) is 23.4 Å². The van der Waals surface area contributed by atoms with Crippen LogP contribution in [0, 0.1) is 0 Å². The second kappa shape index (κ2) is 8.41. The van der Waals surface area contributed by atoms with E-state index in [1.165, 1.54) is 46.9 Å². The number of hydrogen-bond acceptors (Lipinski definition) is 6. The predicted molar refractivity (Wildman–Crippen MR) is 104 cm³/mol. The Morgan fingerprint density at radius 1 is 1.04 bits per heavy atom. The van der Waals surface area contributed by atoms with Gasteiger partial charge in [0.2, 0.25) is 10.0 Å². The highest BCUT2D eigenvalue weighted by atomic mass is 32.2. The maximum absolute atomic E-state index is 12.6. The highest BCUT2D eigenvalue weighted by Crippen LogP contribution is 2.22. The number of phenols is 2. The van der Waals surface area contributed by atoms with E-state index in [1.807, 2.05) is 0 Å². The summed E-state index contributed by atoms with van der Waals surface area (Å²) in [5.74, 6) is -0.778. The number of hydrogen-bond donors (Lipinski definition) is 3. The monoisotopic (exact) mass is 403 g/mol. The van der Waals surface area contributed by atoms with Gasteiger partial charge in [-0.15, -0.1) is 0 Å². The number of sulfonamides is 1. The Hall–Kier alpha value is -2.91. The van der Waals surface area contributed by atoms with Crippen molar-refractivity contribution in [1.29, 1.82) is 0 Å². The van der Waals surface area contributed by atoms with Crippen LogP contribution in [0.25, 0.3) is 0 Å². The molecule has 1 amide bonds. The van der Waals surface area contributed by atoms with Crippen molar-refractivity contribution in [1.82, 2.24) is 9.73 Å². The standard InChI is InChI=1S/C19H21N3O5S/c23-16-7-4-15(18(24)12-16)13-20-21-19(25)14-5-8-17(9-6-14)28(26,27)22-10-2-1-3-11-22/h4-9,12-13,23-24H,1-3,10-11H2,(H,21,25)/b20-13+. The second-order valence-electron chi connectivity index (χ2n) is 6.43. The summed E-state index contributed by atoms with van der Waals surface area (Å²) in [6.07, 6.45) is 3.98. The summed E-state index contributed by atoms with van der Waals surface area (Å²) in [6, 6.07) is 9.66. The summed E-state index contributed by atoms with van der Waals surface area (Å²) in [5, 5.41) is 22.7. The van der Waals surface area contributed by atoms with Crippen LogP contribution >= 0.6 is 0 Å². The van der Waals surface area contributed by atoms with Crippen LogP contribution < -0.4 is 5.43 Å². The van der Waals surface area contributed by atoms with E-state index < -0.39 is 15.9 Å². The van der Waals surface area contributed by atoms with Gasteiger partial charge in [-0.3, -0.25) is 4.79 Å². The first-order valence-corrected chi connectivity index (χ1v) is 10.3. The highest BCUT2D eigenvalue weighted by Gasteiger charge is 2.25. The molecule has 1 aliphatic heterocycles. The lowest BCUT2D eigenvalue weighted by atomic mass is 10.2. The maximum Gasteiger partial charge on any atom is 0.271 e. The molecule has 3 N–H and O–H groups in total. The molecule has 3 rings (SSSR count). The lowest BCUT2D eigenvalue weighted by Crippen LogP contribution is -2.35. The number of carbonyl (C=O) groups is 1. The molecule has 1 aliphatic rings. The number of hydrazone groups is 1. The molecule has 2 aromatic rings. The number of rotatable bonds is 5. The molecule has 148 valence electrons. The number of phenolic OH excluding ortho intramolecular Hbond substituents is 2. The third-order valence-electron chi connectivity index (χ3n) is 4.45. The van der Waals surface area contributed by atoms with Crippen molar-refractivity contribution < 1.29 is 23.4 Å². The number of carbonyl (C=O) groups excluding carboxylic acids is 1. The third kappa shape index (κ3) is 4.49. The Bertz CT molecular complexity index is 981. The lowest BCUT2D eigenvalue weighted by Gasteiger charge is -2.25. The molecular weight excluding hydrogens is 382 g/mol. The topological polar surface area (TPSA) is 119 Å². The molecule has 0 aromatic heterocycles. The zero-order chi connectivity index (χ0) is 20.1. The van der Waals surface area contributed by atoms with Crippen LogP contribution in [0.3, 0.4) is 0 Å². The van der Waals surface area contributed by atoms with Crippen LogP contribution in [0.15, 0.2) is 52.5 Å². The molecule has 0 saturated carbocycles. The summed E-state index contributed by atoms with van der Waals surface area (Å²) < 4.78 is 26.7. The average molecular weight is 403 g/mol. The first kappa shape index (κ1) is 19.8. The van der Waals surface area contributed by atoms with Gasteiger partial charge in [-0.25, -0.2) is 13.8 Å². The Labute approximate surface area is 163 Å². The Morgan fingerprint density at radius 3 is 2.36 bits per heavy atom. The van der Waals surface area contributed by atoms with Gasteiger partial charge in [0.05, 0.1) is 11.1 Å². The normalized spacial score (nSPS) is 15.6. The van der Waals surface area contributed by atoms with Crippen LogP contribution in [0.1, 0.15) is 35.2 Å². The SMILES string of the molecule is O=C(N/N=C/c1ccc(O)cc1O)c1ccc(S(=O)(=O)N2CCCCC2)cc1. The molecular formula is C19H21N3O5S. The van der Waals surface area contributed by atoms with E-state index >= 15 is 0 Å². The van der Waals surface area contributed by atoms with Gasteiger partial charge in [0.15, 0.2) is 0 Å². The van der Waals surface area contributed by atoms with Crippen LogP contribution in [-0.4, -0.2) is 48.1 Å². The molecule has 1 heterocycles. The fourth-order valence-corrected chi connectivity index (χ4v) is 4.42. The predicted octanol–water partition coefficient (Wildman–Crippen LogP) is 2.04. The Balaban J connectivity index is 1.65. The molecule has 0 radical (unpaired) electrons. The smallest absolute Gasteiger partial charge is 0.271 e. The van der Waals surface area contributed by atoms with Crippen LogP contribution in [0.5, 0.6) is 11.5 Å². The van der Waals surface area contributed by atoms with Crippen molar-refractivity contribution in [3.63, 3.8) is 0 Å². The molecule has 0 unspecified atom stereocenters. The molecule has 2 aromatic carbocycles. The summed E-state index contributed by atoms with van der Waals surface area (Å²) in [7, 11) is -3.54. The van der Waals surface area contributed by atoms with E-state index in [4.69, 9.17) is 0 Å². The highest BCUT2D eigenvalue weighted by molar-refractivity contribution is 7.89. The number of nitrogens with one attached hydrogen (secondary N) is 1. The van der Waals surface area contributed by atoms with Crippen molar-refractivity contribution in [3.05, 3.63) is 53.6 Å². The number of nitrogens with zero attached hydrogens (tertiary/aromatic N) is 2. The van der Waals surface area contributed by atoms with Crippen molar-refractivity contribution in [2.75, 3.05) is 13.1 Å². The minimum Gasteiger partial charge on any atom is -0.508 e. The fourth-order valence-electron chi connectivity index (χ4n) is 2.90. The van der Waals surface area contributed by atoms with E-state index in [-0.39, 0.29) is 22.0 Å². The van der Waals surface area contributed by atoms with Crippen LogP contribution in [-0.2, 0) is 10.0 Å². The second-order valence-corrected chi connectivity index (χ2v) is 8.37. The molecule has 8 nitrogen and oxygen atoms in total. The van der Waals surface area contributed by atoms with E-state index in [0.717, 1.165) is 25.3 Å².